The van der Waals surface area contributed by atoms with Gasteiger partial charge in [0, 0.05) is 19.5 Å². The van der Waals surface area contributed by atoms with Crippen molar-refractivity contribution in [3.63, 3.8) is 0 Å². The number of nitrogens with zero attached hydrogens (tertiary/aromatic N) is 1. The predicted molar refractivity (Wildman–Crippen MR) is 75.5 cm³/mol. The Morgan fingerprint density at radius 3 is 2.47 bits per heavy atom. The average Bonchev–Trinajstić information content (AvgIpc) is 2.93. The van der Waals surface area contributed by atoms with Gasteiger partial charge in [0.1, 0.15) is 6.61 Å². The number of hydrogen-bond donors (Lipinski definition) is 0. The first-order valence-corrected chi connectivity index (χ1v) is 7.58. The number of carbonyl (C=O) groups is 1. The van der Waals surface area contributed by atoms with Crippen LogP contribution in [0, 0.1) is 24.2 Å². The molecular formula is C16H25NO2. The highest BCUT2D eigenvalue weighted by atomic mass is 16.5. The van der Waals surface area contributed by atoms with E-state index in [0.717, 1.165) is 39.0 Å². The van der Waals surface area contributed by atoms with E-state index in [-0.39, 0.29) is 0 Å². The van der Waals surface area contributed by atoms with Gasteiger partial charge in [-0.15, -0.1) is 6.42 Å². The van der Waals surface area contributed by atoms with Gasteiger partial charge in [0.05, 0.1) is 6.61 Å². The predicted octanol–water partition coefficient (Wildman–Crippen LogP) is 2.46. The zero-order valence-corrected chi connectivity index (χ0v) is 11.8. The smallest absolute Gasteiger partial charge is 0.222 e. The maximum atomic E-state index is 12.2. The third-order valence-corrected chi connectivity index (χ3v) is 4.44. The Kier molecular flexibility index (Phi) is 5.72. The van der Waals surface area contributed by atoms with Crippen molar-refractivity contribution in [1.29, 1.82) is 0 Å². The molecule has 3 heteroatoms. The molecule has 2 rings (SSSR count). The molecule has 1 saturated heterocycles. The van der Waals surface area contributed by atoms with Crippen LogP contribution in [-0.4, -0.2) is 37.1 Å². The second kappa shape index (κ2) is 7.55. The molecule has 106 valence electrons. The van der Waals surface area contributed by atoms with Crippen LogP contribution in [0.2, 0.25) is 0 Å². The normalized spacial score (nSPS) is 21.5. The molecule has 1 amide bonds. The molecule has 2 aliphatic rings. The monoisotopic (exact) mass is 263 g/mol. The maximum absolute atomic E-state index is 12.2. The Bertz CT molecular complexity index is 320. The number of amides is 1. The summed E-state index contributed by atoms with van der Waals surface area (Å²) in [5.74, 6) is 4.09. The van der Waals surface area contributed by atoms with Crippen LogP contribution in [0.1, 0.15) is 44.9 Å². The molecule has 0 N–H and O–H groups in total. The SMILES string of the molecule is C#CCOCC1CCN(C(=O)CC2CCCC2)CC1. The molecule has 0 aromatic carbocycles. The minimum atomic E-state index is 0.370. The fraction of sp³-hybridized carbons (Fsp3) is 0.812. The lowest BCUT2D eigenvalue weighted by molar-refractivity contribution is -0.133. The van der Waals surface area contributed by atoms with Crippen LogP contribution in [0.15, 0.2) is 0 Å². The van der Waals surface area contributed by atoms with Crippen LogP contribution in [0.4, 0.5) is 0 Å². The molecule has 2 fully saturated rings. The van der Waals surface area contributed by atoms with Gasteiger partial charge in [-0.25, -0.2) is 0 Å². The van der Waals surface area contributed by atoms with E-state index in [1.807, 2.05) is 0 Å². The van der Waals surface area contributed by atoms with Crippen molar-refractivity contribution < 1.29 is 9.53 Å². The van der Waals surface area contributed by atoms with Crippen LogP contribution < -0.4 is 0 Å². The van der Waals surface area contributed by atoms with E-state index in [1.54, 1.807) is 0 Å². The van der Waals surface area contributed by atoms with E-state index in [2.05, 4.69) is 10.8 Å². The molecule has 0 radical (unpaired) electrons. The molecule has 1 heterocycles. The van der Waals surface area contributed by atoms with Crippen LogP contribution in [-0.2, 0) is 9.53 Å². The lowest BCUT2D eigenvalue weighted by Gasteiger charge is -2.32. The Morgan fingerprint density at radius 2 is 1.84 bits per heavy atom. The Balaban J connectivity index is 1.64. The Labute approximate surface area is 116 Å². The van der Waals surface area contributed by atoms with Crippen molar-refractivity contribution in [2.75, 3.05) is 26.3 Å². The molecule has 0 atom stereocenters. The van der Waals surface area contributed by atoms with Crippen LogP contribution in [0.3, 0.4) is 0 Å². The highest BCUT2D eigenvalue weighted by Gasteiger charge is 2.25. The first-order valence-electron chi connectivity index (χ1n) is 7.58. The van der Waals surface area contributed by atoms with Crippen molar-refractivity contribution in [2.24, 2.45) is 11.8 Å². The van der Waals surface area contributed by atoms with Crippen molar-refractivity contribution >= 4 is 5.91 Å². The minimum absolute atomic E-state index is 0.370. The minimum Gasteiger partial charge on any atom is -0.369 e. The van der Waals surface area contributed by atoms with Crippen molar-refractivity contribution in [3.8, 4) is 12.3 Å². The van der Waals surface area contributed by atoms with Crippen LogP contribution >= 0.6 is 0 Å². The third-order valence-electron chi connectivity index (χ3n) is 4.44. The highest BCUT2D eigenvalue weighted by Crippen LogP contribution is 2.28. The number of ether oxygens (including phenoxy) is 1. The molecule has 0 aromatic rings. The fourth-order valence-electron chi connectivity index (χ4n) is 3.22. The zero-order chi connectivity index (χ0) is 13.5. The van der Waals surface area contributed by atoms with E-state index < -0.39 is 0 Å². The Morgan fingerprint density at radius 1 is 1.16 bits per heavy atom. The van der Waals surface area contributed by atoms with Crippen LogP contribution in [0.25, 0.3) is 0 Å². The number of piperidine rings is 1. The van der Waals surface area contributed by atoms with Gasteiger partial charge < -0.3 is 9.64 Å². The zero-order valence-electron chi connectivity index (χ0n) is 11.8. The lowest BCUT2D eigenvalue weighted by atomic mass is 9.96. The summed E-state index contributed by atoms with van der Waals surface area (Å²) in [7, 11) is 0. The van der Waals surface area contributed by atoms with Gasteiger partial charge in [-0.1, -0.05) is 18.8 Å². The van der Waals surface area contributed by atoms with Gasteiger partial charge in [0.2, 0.25) is 5.91 Å². The molecule has 0 bridgehead atoms. The summed E-state index contributed by atoms with van der Waals surface area (Å²) < 4.78 is 5.39. The number of likely N-dealkylation sites (tertiary alicyclic amines) is 1. The summed E-state index contributed by atoms with van der Waals surface area (Å²) >= 11 is 0. The number of terminal acetylenes is 1. The second-order valence-corrected chi connectivity index (χ2v) is 5.90. The molecule has 1 aliphatic heterocycles. The van der Waals surface area contributed by atoms with E-state index in [9.17, 15) is 4.79 Å². The van der Waals surface area contributed by atoms with Gasteiger partial charge in [-0.3, -0.25) is 4.79 Å². The number of hydrogen-bond acceptors (Lipinski definition) is 2. The summed E-state index contributed by atoms with van der Waals surface area (Å²) in [4.78, 5) is 14.2. The lowest BCUT2D eigenvalue weighted by Crippen LogP contribution is -2.40. The summed E-state index contributed by atoms with van der Waals surface area (Å²) in [6, 6.07) is 0. The van der Waals surface area contributed by atoms with Gasteiger partial charge in [0.25, 0.3) is 0 Å². The standard InChI is InChI=1S/C16H25NO2/c1-2-11-19-13-15-7-9-17(10-8-15)16(18)12-14-5-3-4-6-14/h1,14-15H,3-13H2. The quantitative estimate of drug-likeness (QED) is 0.563. The average molecular weight is 263 g/mol. The largest absolute Gasteiger partial charge is 0.369 e. The first-order chi connectivity index (χ1) is 9.29. The van der Waals surface area contributed by atoms with E-state index in [1.165, 1.54) is 25.7 Å². The Hall–Kier alpha value is -1.01. The third kappa shape index (κ3) is 4.54. The first kappa shape index (κ1) is 14.4. The highest BCUT2D eigenvalue weighted by molar-refractivity contribution is 5.76. The molecule has 0 unspecified atom stereocenters. The maximum Gasteiger partial charge on any atom is 0.222 e. The fourth-order valence-corrected chi connectivity index (χ4v) is 3.22. The van der Waals surface area contributed by atoms with E-state index >= 15 is 0 Å². The number of rotatable bonds is 5. The van der Waals surface area contributed by atoms with Gasteiger partial charge in [-0.2, -0.15) is 0 Å². The van der Waals surface area contributed by atoms with Crippen molar-refractivity contribution in [3.05, 3.63) is 0 Å². The molecule has 3 nitrogen and oxygen atoms in total. The van der Waals surface area contributed by atoms with Crippen molar-refractivity contribution in [1.82, 2.24) is 4.90 Å². The summed E-state index contributed by atoms with van der Waals surface area (Å²) in [6.45, 7) is 2.95. The van der Waals surface area contributed by atoms with Gasteiger partial charge >= 0.3 is 0 Å². The molecule has 1 saturated carbocycles. The summed E-state index contributed by atoms with van der Waals surface area (Å²) in [5.41, 5.74) is 0. The summed E-state index contributed by atoms with van der Waals surface area (Å²) in [5, 5.41) is 0. The molecule has 19 heavy (non-hydrogen) atoms. The molecular weight excluding hydrogens is 238 g/mol. The summed E-state index contributed by atoms with van der Waals surface area (Å²) in [6.07, 6.45) is 13.2. The topological polar surface area (TPSA) is 29.5 Å². The van der Waals surface area contributed by atoms with Crippen LogP contribution in [0.5, 0.6) is 0 Å². The second-order valence-electron chi connectivity index (χ2n) is 5.90. The molecule has 0 aromatic heterocycles. The molecule has 0 spiro atoms. The van der Waals surface area contributed by atoms with Gasteiger partial charge in [0.15, 0.2) is 0 Å². The van der Waals surface area contributed by atoms with Gasteiger partial charge in [-0.05, 0) is 37.5 Å². The molecule has 1 aliphatic carbocycles. The number of carbonyl (C=O) groups excluding carboxylic acids is 1. The van der Waals surface area contributed by atoms with E-state index in [4.69, 9.17) is 11.2 Å². The van der Waals surface area contributed by atoms with E-state index in [0.29, 0.717) is 24.3 Å². The van der Waals surface area contributed by atoms with Crippen molar-refractivity contribution in [2.45, 2.75) is 44.9 Å².